The van der Waals surface area contributed by atoms with Gasteiger partial charge in [0.2, 0.25) is 5.43 Å². The first-order valence-corrected chi connectivity index (χ1v) is 13.3. The van der Waals surface area contributed by atoms with Gasteiger partial charge in [0.15, 0.2) is 0 Å². The fourth-order valence-corrected chi connectivity index (χ4v) is 5.67. The highest BCUT2D eigenvalue weighted by Crippen LogP contribution is 2.39. The Balaban J connectivity index is 1.31. The third-order valence-corrected chi connectivity index (χ3v) is 8.05. The number of rotatable bonds is 6. The molecule has 0 radical (unpaired) electrons. The summed E-state index contributed by atoms with van der Waals surface area (Å²) < 4.78 is 22.6. The highest BCUT2D eigenvalue weighted by atomic mass is 19.1. The predicted octanol–water partition coefficient (Wildman–Crippen LogP) is 3.37. The number of carbonyl (C=O) groups excluding carboxylic acids is 2. The molecule has 3 aromatic rings. The number of nitrogens with zero attached hydrogens (tertiary/aromatic N) is 3. The molecular formula is C29H29FN4O6. The third-order valence-electron chi connectivity index (χ3n) is 8.05. The summed E-state index contributed by atoms with van der Waals surface area (Å²) in [7, 11) is 0. The van der Waals surface area contributed by atoms with Crippen LogP contribution in [0, 0.1) is 5.82 Å². The van der Waals surface area contributed by atoms with E-state index < -0.39 is 35.5 Å². The minimum atomic E-state index is -1.33. The van der Waals surface area contributed by atoms with Crippen LogP contribution >= 0.6 is 0 Å². The Morgan fingerprint density at radius 2 is 1.93 bits per heavy atom. The van der Waals surface area contributed by atoms with Gasteiger partial charge >= 0.3 is 12.1 Å². The topological polar surface area (TPSA) is 135 Å². The van der Waals surface area contributed by atoms with E-state index in [1.807, 2.05) is 17.0 Å². The summed E-state index contributed by atoms with van der Waals surface area (Å²) in [5.74, 6) is -2.16. The number of carboxylic acid groups (broad SMARTS) is 1. The maximum Gasteiger partial charge on any atom is 0.414 e. The maximum atomic E-state index is 15.5. The van der Waals surface area contributed by atoms with Crippen molar-refractivity contribution in [3.8, 4) is 0 Å². The largest absolute Gasteiger partial charge is 0.477 e. The minimum Gasteiger partial charge on any atom is -0.477 e. The number of aromatic nitrogens is 1. The molecule has 2 fully saturated rings. The first-order chi connectivity index (χ1) is 19.1. The number of hydrogen-bond donors (Lipinski definition) is 2. The average Bonchev–Trinajstić information content (AvgIpc) is 3.72. The zero-order valence-electron chi connectivity index (χ0n) is 21.9. The quantitative estimate of drug-likeness (QED) is 0.479. The van der Waals surface area contributed by atoms with E-state index in [0.717, 1.165) is 36.5 Å². The van der Waals surface area contributed by atoms with Gasteiger partial charge in [0.05, 0.1) is 17.7 Å². The van der Waals surface area contributed by atoms with Gasteiger partial charge in [-0.15, -0.1) is 0 Å². The van der Waals surface area contributed by atoms with Crippen LogP contribution in [0.25, 0.3) is 10.9 Å². The number of aryl methyl sites for hydroxylation is 1. The number of nitrogens with two attached hydrogens (primary N) is 1. The van der Waals surface area contributed by atoms with E-state index in [-0.39, 0.29) is 29.3 Å². The normalized spacial score (nSPS) is 19.8. The van der Waals surface area contributed by atoms with Crippen molar-refractivity contribution < 1.29 is 28.6 Å². The monoisotopic (exact) mass is 548 g/mol. The molecule has 6 rings (SSSR count). The second-order valence-corrected chi connectivity index (χ2v) is 10.8. The molecule has 2 aromatic carbocycles. The summed E-state index contributed by atoms with van der Waals surface area (Å²) >= 11 is 0. The molecule has 1 saturated carbocycles. The van der Waals surface area contributed by atoms with Crippen molar-refractivity contribution >= 4 is 40.1 Å². The van der Waals surface area contributed by atoms with Gasteiger partial charge in [-0.3, -0.25) is 14.5 Å². The van der Waals surface area contributed by atoms with Gasteiger partial charge < -0.3 is 25.0 Å². The molecule has 0 bridgehead atoms. The SMILES string of the molecule is CC(=O)C(N)C1CN(c2ccc3c(c2)CCCN(c2cc4c(cc2F)c(=O)c(C(=O)O)cn4C2CC2)C3)C(=O)O1. The minimum absolute atomic E-state index is 0.0632. The number of fused-ring (bicyclic) bond motifs is 2. The van der Waals surface area contributed by atoms with Crippen LogP contribution < -0.4 is 21.0 Å². The number of aromatic carboxylic acids is 1. The van der Waals surface area contributed by atoms with E-state index in [9.17, 15) is 24.3 Å². The van der Waals surface area contributed by atoms with Crippen molar-refractivity contribution in [2.45, 2.75) is 57.3 Å². The van der Waals surface area contributed by atoms with Gasteiger partial charge in [0.25, 0.3) is 0 Å². The standard InChI is InChI=1S/C29H29FN4O6/c1-15(35)26(31)25-14-34(29(39)40-25)19-5-4-17-12-32(8-2-3-16(17)9-19)24-11-23-20(10-22(24)30)27(36)21(28(37)38)13-33(23)18-6-7-18/h4-5,9-11,13,18,25-26H,2-3,6-8,12,14,31H2,1H3,(H,37,38). The molecular weight excluding hydrogens is 519 g/mol. The number of hydrogen-bond acceptors (Lipinski definition) is 7. The van der Waals surface area contributed by atoms with Crippen LogP contribution in [0.2, 0.25) is 0 Å². The summed E-state index contributed by atoms with van der Waals surface area (Å²) in [4.78, 5) is 52.1. The molecule has 40 heavy (non-hydrogen) atoms. The molecule has 1 aliphatic carbocycles. The van der Waals surface area contributed by atoms with Crippen molar-refractivity contribution in [2.24, 2.45) is 5.73 Å². The lowest BCUT2D eigenvalue weighted by atomic mass is 10.0. The van der Waals surface area contributed by atoms with E-state index in [1.165, 1.54) is 18.0 Å². The van der Waals surface area contributed by atoms with Gasteiger partial charge in [0.1, 0.15) is 29.3 Å². The number of ketones is 1. The third kappa shape index (κ3) is 4.49. The molecule has 2 unspecified atom stereocenters. The number of halogens is 1. The van der Waals surface area contributed by atoms with Crippen molar-refractivity contribution in [2.75, 3.05) is 22.9 Å². The van der Waals surface area contributed by atoms with Crippen molar-refractivity contribution in [1.29, 1.82) is 0 Å². The van der Waals surface area contributed by atoms with Crippen molar-refractivity contribution in [1.82, 2.24) is 4.57 Å². The van der Waals surface area contributed by atoms with Crippen LogP contribution in [0.1, 0.15) is 53.7 Å². The van der Waals surface area contributed by atoms with Crippen LogP contribution in [0.15, 0.2) is 41.3 Å². The summed E-state index contributed by atoms with van der Waals surface area (Å²) in [5, 5.41) is 9.57. The van der Waals surface area contributed by atoms with Gasteiger partial charge in [0, 0.05) is 36.4 Å². The molecule has 208 valence electrons. The number of Topliss-reactive ketones (excluding diaryl/α,β-unsaturated/α-hetero) is 1. The van der Waals surface area contributed by atoms with Crippen LogP contribution in [0.5, 0.6) is 0 Å². The molecule has 2 aliphatic heterocycles. The second-order valence-electron chi connectivity index (χ2n) is 10.8. The van der Waals surface area contributed by atoms with Gasteiger partial charge in [-0.25, -0.2) is 14.0 Å². The molecule has 10 nitrogen and oxygen atoms in total. The second kappa shape index (κ2) is 9.74. The maximum absolute atomic E-state index is 15.5. The van der Waals surface area contributed by atoms with E-state index in [4.69, 9.17) is 10.5 Å². The van der Waals surface area contributed by atoms with Crippen LogP contribution in [0.3, 0.4) is 0 Å². The molecule has 3 heterocycles. The highest BCUT2D eigenvalue weighted by Gasteiger charge is 2.38. The van der Waals surface area contributed by atoms with E-state index >= 15 is 4.39 Å². The zero-order valence-corrected chi connectivity index (χ0v) is 21.9. The van der Waals surface area contributed by atoms with Gasteiger partial charge in [-0.1, -0.05) is 6.07 Å². The van der Waals surface area contributed by atoms with Crippen molar-refractivity contribution in [3.63, 3.8) is 0 Å². The number of benzene rings is 2. The fraction of sp³-hybridized carbons (Fsp3) is 0.379. The molecule has 3 N–H and O–H groups in total. The smallest absolute Gasteiger partial charge is 0.414 e. The Labute approximate surface area is 228 Å². The molecule has 1 amide bonds. The Morgan fingerprint density at radius 1 is 1.15 bits per heavy atom. The van der Waals surface area contributed by atoms with E-state index in [1.54, 1.807) is 16.7 Å². The van der Waals surface area contributed by atoms with Crippen LogP contribution in [0.4, 0.5) is 20.6 Å². The summed E-state index contributed by atoms with van der Waals surface area (Å²) in [6.07, 6.45) is 3.29. The number of carbonyl (C=O) groups is 3. The first-order valence-electron chi connectivity index (χ1n) is 13.3. The molecule has 2 atom stereocenters. The number of pyridine rings is 1. The van der Waals surface area contributed by atoms with Crippen LogP contribution in [-0.2, 0) is 22.5 Å². The zero-order chi connectivity index (χ0) is 28.3. The lowest BCUT2D eigenvalue weighted by Crippen LogP contribution is -2.43. The Bertz CT molecular complexity index is 1630. The van der Waals surface area contributed by atoms with Gasteiger partial charge in [-0.2, -0.15) is 0 Å². The Hall–Kier alpha value is -4.25. The molecule has 3 aliphatic rings. The highest BCUT2D eigenvalue weighted by molar-refractivity contribution is 5.94. The number of anilines is 2. The first kappa shape index (κ1) is 26.0. The summed E-state index contributed by atoms with van der Waals surface area (Å²) in [6.45, 7) is 2.53. The molecule has 0 spiro atoms. The Kier molecular flexibility index (Phi) is 6.33. The van der Waals surface area contributed by atoms with Crippen LogP contribution in [-0.4, -0.2) is 52.8 Å². The summed E-state index contributed by atoms with van der Waals surface area (Å²) in [6, 6.07) is 7.67. The fourth-order valence-electron chi connectivity index (χ4n) is 5.67. The number of ether oxygens (including phenoxy) is 1. The number of amides is 1. The molecule has 1 saturated heterocycles. The molecule has 11 heteroatoms. The van der Waals surface area contributed by atoms with Gasteiger partial charge in [-0.05, 0) is 68.0 Å². The van der Waals surface area contributed by atoms with E-state index in [0.29, 0.717) is 36.4 Å². The average molecular weight is 549 g/mol. The molecule has 1 aromatic heterocycles. The lowest BCUT2D eigenvalue weighted by molar-refractivity contribution is -0.120. The number of carboxylic acids is 1. The Morgan fingerprint density at radius 3 is 2.62 bits per heavy atom. The van der Waals surface area contributed by atoms with E-state index in [2.05, 4.69) is 0 Å². The predicted molar refractivity (Wildman–Crippen MR) is 145 cm³/mol. The summed E-state index contributed by atoms with van der Waals surface area (Å²) in [5.41, 5.74) is 8.38. The van der Waals surface area contributed by atoms with Crippen molar-refractivity contribution in [3.05, 3.63) is 69.3 Å². The number of cyclic esters (lactones) is 1. The lowest BCUT2D eigenvalue weighted by Gasteiger charge is -2.25.